The van der Waals surface area contributed by atoms with Crippen molar-refractivity contribution in [3.8, 4) is 0 Å². The average molecular weight is 851 g/mol. The fraction of sp³-hybridized carbons (Fsp3) is 1.00. The predicted molar refractivity (Wildman–Crippen MR) is 266 cm³/mol. The van der Waals surface area contributed by atoms with Crippen LogP contribution in [0.3, 0.4) is 0 Å². The van der Waals surface area contributed by atoms with Crippen molar-refractivity contribution in [3.05, 3.63) is 0 Å². The van der Waals surface area contributed by atoms with Gasteiger partial charge in [-0.05, 0) is 64.8 Å². The van der Waals surface area contributed by atoms with Crippen molar-refractivity contribution in [3.63, 3.8) is 0 Å². The Labute approximate surface area is 377 Å². The van der Waals surface area contributed by atoms with Crippen LogP contribution in [0.1, 0.15) is 245 Å². The lowest BCUT2D eigenvalue weighted by Crippen LogP contribution is -2.48. The Morgan fingerprint density at radius 2 is 0.750 bits per heavy atom. The van der Waals surface area contributed by atoms with E-state index in [2.05, 4.69) is 46.1 Å². The van der Waals surface area contributed by atoms with E-state index in [4.69, 9.17) is 0 Å². The lowest BCUT2D eigenvalue weighted by Gasteiger charge is -2.35. The summed E-state index contributed by atoms with van der Waals surface area (Å²) in [5, 5.41) is 28.9. The summed E-state index contributed by atoms with van der Waals surface area (Å²) in [6.07, 6.45) is 46.0. The summed E-state index contributed by atoms with van der Waals surface area (Å²) in [4.78, 5) is 7.87. The first-order valence-corrected chi connectivity index (χ1v) is 27.5. The van der Waals surface area contributed by atoms with Gasteiger partial charge in [-0.1, -0.05) is 213 Å². The van der Waals surface area contributed by atoms with Crippen molar-refractivity contribution in [1.82, 2.24) is 25.3 Å². The molecule has 1 fully saturated rings. The standard InChI is InChI=1S/C53H111N5O2/c1-4-7-10-13-16-19-22-24-27-30-33-38-53(60)51-58(42-35-40-55-50-52(59)37-32-29-26-23-20-17-14-11-8-5-2)44-36-43-56-46-48-57(49-47-56)45-41-54-39-34-31-28-25-21-18-15-12-9-6-3/h52-55,59-60H,4-51H2,1-3H3. The molecular formula is C53H111N5O2. The number of nitrogens with zero attached hydrogens (tertiary/aromatic N) is 3. The number of hydrogen-bond donors (Lipinski definition) is 4. The summed E-state index contributed by atoms with van der Waals surface area (Å²) in [7, 11) is 0. The van der Waals surface area contributed by atoms with Crippen molar-refractivity contribution in [2.45, 2.75) is 258 Å². The number of hydrogen-bond acceptors (Lipinski definition) is 7. The number of aliphatic hydroxyl groups excluding tert-OH is 2. The van der Waals surface area contributed by atoms with Crippen molar-refractivity contribution in [2.75, 3.05) is 85.1 Å². The zero-order valence-electron chi connectivity index (χ0n) is 41.3. The first kappa shape index (κ1) is 57.7. The number of aliphatic hydroxyl groups is 2. The van der Waals surface area contributed by atoms with Gasteiger partial charge in [0, 0.05) is 52.4 Å². The Morgan fingerprint density at radius 3 is 1.22 bits per heavy atom. The smallest absolute Gasteiger partial charge is 0.0667 e. The molecule has 1 aliphatic rings. The van der Waals surface area contributed by atoms with Crippen LogP contribution in [0, 0.1) is 0 Å². The predicted octanol–water partition coefficient (Wildman–Crippen LogP) is 12.5. The van der Waals surface area contributed by atoms with Gasteiger partial charge >= 0.3 is 0 Å². The summed E-state index contributed by atoms with van der Waals surface area (Å²) in [6.45, 7) is 20.8. The van der Waals surface area contributed by atoms with E-state index in [0.29, 0.717) is 6.54 Å². The minimum Gasteiger partial charge on any atom is -0.392 e. The van der Waals surface area contributed by atoms with Crippen LogP contribution in [0.4, 0.5) is 0 Å². The summed E-state index contributed by atoms with van der Waals surface area (Å²) >= 11 is 0. The molecule has 1 heterocycles. The molecule has 60 heavy (non-hydrogen) atoms. The Morgan fingerprint density at radius 1 is 0.383 bits per heavy atom. The minimum atomic E-state index is -0.228. The van der Waals surface area contributed by atoms with Gasteiger partial charge < -0.3 is 30.6 Å². The average Bonchev–Trinajstić information content (AvgIpc) is 3.25. The van der Waals surface area contributed by atoms with Crippen LogP contribution < -0.4 is 10.6 Å². The van der Waals surface area contributed by atoms with Crippen LogP contribution >= 0.6 is 0 Å². The number of rotatable bonds is 49. The minimum absolute atomic E-state index is 0.221. The van der Waals surface area contributed by atoms with Gasteiger partial charge in [-0.15, -0.1) is 0 Å². The molecule has 0 aromatic rings. The van der Waals surface area contributed by atoms with E-state index in [1.807, 2.05) is 0 Å². The molecule has 2 unspecified atom stereocenters. The molecule has 0 bridgehead atoms. The molecule has 0 aliphatic carbocycles. The van der Waals surface area contributed by atoms with Crippen LogP contribution in [0.15, 0.2) is 0 Å². The fourth-order valence-corrected chi connectivity index (χ4v) is 9.25. The SMILES string of the molecule is CCCCCCCCCCCCCC(O)CN(CCCNCC(O)CCCCCCCCCCCC)CCCN1CCN(CCNCCCCCCCCCCCC)CC1. The monoisotopic (exact) mass is 850 g/mol. The van der Waals surface area contributed by atoms with Crippen molar-refractivity contribution < 1.29 is 10.2 Å². The van der Waals surface area contributed by atoms with E-state index in [1.54, 1.807) is 0 Å². The van der Waals surface area contributed by atoms with Crippen LogP contribution in [0.5, 0.6) is 0 Å². The molecule has 0 aromatic carbocycles. The summed E-state index contributed by atoms with van der Waals surface area (Å²) < 4.78 is 0. The lowest BCUT2D eigenvalue weighted by atomic mass is 10.0. The maximum atomic E-state index is 11.1. The number of nitrogens with one attached hydrogen (secondary N) is 2. The molecular weight excluding hydrogens is 739 g/mol. The quantitative estimate of drug-likeness (QED) is 0.0455. The highest BCUT2D eigenvalue weighted by molar-refractivity contribution is 4.74. The maximum absolute atomic E-state index is 11.1. The molecule has 0 radical (unpaired) electrons. The normalized spacial score (nSPS) is 15.1. The van der Waals surface area contributed by atoms with Gasteiger partial charge in [0.05, 0.1) is 12.2 Å². The van der Waals surface area contributed by atoms with Gasteiger partial charge in [-0.2, -0.15) is 0 Å². The second-order valence-corrected chi connectivity index (χ2v) is 19.4. The molecule has 7 nitrogen and oxygen atoms in total. The van der Waals surface area contributed by atoms with Crippen LogP contribution in [0.25, 0.3) is 0 Å². The Balaban J connectivity index is 2.25. The third kappa shape index (κ3) is 40.5. The van der Waals surface area contributed by atoms with Crippen LogP contribution in [-0.4, -0.2) is 122 Å². The number of unbranched alkanes of at least 4 members (excludes halogenated alkanes) is 28. The molecule has 0 spiro atoms. The molecule has 360 valence electrons. The molecule has 1 saturated heterocycles. The molecule has 2 atom stereocenters. The molecule has 1 rings (SSSR count). The van der Waals surface area contributed by atoms with Gasteiger partial charge in [-0.25, -0.2) is 0 Å². The molecule has 1 aliphatic heterocycles. The third-order valence-corrected chi connectivity index (χ3v) is 13.4. The lowest BCUT2D eigenvalue weighted by molar-refractivity contribution is 0.0937. The van der Waals surface area contributed by atoms with Gasteiger partial charge in [0.2, 0.25) is 0 Å². The Kier molecular flexibility index (Phi) is 44.9. The van der Waals surface area contributed by atoms with Crippen molar-refractivity contribution >= 4 is 0 Å². The van der Waals surface area contributed by atoms with Gasteiger partial charge in [-0.3, -0.25) is 4.90 Å². The molecule has 0 aromatic heterocycles. The summed E-state index contributed by atoms with van der Waals surface area (Å²) in [5.41, 5.74) is 0. The fourth-order valence-electron chi connectivity index (χ4n) is 9.25. The van der Waals surface area contributed by atoms with Gasteiger partial charge in [0.25, 0.3) is 0 Å². The van der Waals surface area contributed by atoms with E-state index in [1.165, 1.54) is 238 Å². The van der Waals surface area contributed by atoms with Crippen LogP contribution in [0.2, 0.25) is 0 Å². The van der Waals surface area contributed by atoms with Gasteiger partial charge in [0.1, 0.15) is 0 Å². The van der Waals surface area contributed by atoms with Gasteiger partial charge in [0.15, 0.2) is 0 Å². The number of piperazine rings is 1. The molecule has 7 heteroatoms. The third-order valence-electron chi connectivity index (χ3n) is 13.4. The zero-order chi connectivity index (χ0) is 43.2. The second kappa shape index (κ2) is 46.7. The van der Waals surface area contributed by atoms with E-state index in [9.17, 15) is 10.2 Å². The van der Waals surface area contributed by atoms with E-state index in [0.717, 1.165) is 64.8 Å². The van der Waals surface area contributed by atoms with Crippen LogP contribution in [-0.2, 0) is 0 Å². The largest absolute Gasteiger partial charge is 0.392 e. The van der Waals surface area contributed by atoms with Crippen molar-refractivity contribution in [1.29, 1.82) is 0 Å². The van der Waals surface area contributed by atoms with E-state index < -0.39 is 0 Å². The second-order valence-electron chi connectivity index (χ2n) is 19.4. The molecule has 4 N–H and O–H groups in total. The first-order chi connectivity index (χ1) is 29.6. The summed E-state index contributed by atoms with van der Waals surface area (Å²) in [6, 6.07) is 0. The Hall–Kier alpha value is -0.280. The molecule has 0 saturated carbocycles. The molecule has 0 amide bonds. The first-order valence-electron chi connectivity index (χ1n) is 27.5. The van der Waals surface area contributed by atoms with Crippen molar-refractivity contribution in [2.24, 2.45) is 0 Å². The Bertz CT molecular complexity index is 812. The van der Waals surface area contributed by atoms with E-state index in [-0.39, 0.29) is 12.2 Å². The topological polar surface area (TPSA) is 74.2 Å². The highest BCUT2D eigenvalue weighted by Crippen LogP contribution is 2.15. The maximum Gasteiger partial charge on any atom is 0.0667 e. The van der Waals surface area contributed by atoms with E-state index >= 15 is 0 Å². The zero-order valence-corrected chi connectivity index (χ0v) is 41.3. The summed E-state index contributed by atoms with van der Waals surface area (Å²) in [5.74, 6) is 0. The highest BCUT2D eigenvalue weighted by atomic mass is 16.3. The highest BCUT2D eigenvalue weighted by Gasteiger charge is 2.17.